The summed E-state index contributed by atoms with van der Waals surface area (Å²) < 4.78 is 19.0. The van der Waals surface area contributed by atoms with Crippen molar-refractivity contribution in [3.63, 3.8) is 0 Å². The van der Waals surface area contributed by atoms with Crippen molar-refractivity contribution in [2.24, 2.45) is 0 Å². The van der Waals surface area contributed by atoms with E-state index in [1.165, 1.54) is 16.5 Å². The maximum atomic E-state index is 13.8. The molecule has 0 heterocycles. The first kappa shape index (κ1) is 15.7. The molecule has 4 heteroatoms. The van der Waals surface area contributed by atoms with Gasteiger partial charge in [-0.25, -0.2) is 4.39 Å². The Morgan fingerprint density at radius 3 is 2.48 bits per heavy atom. The molecule has 0 aliphatic rings. The van der Waals surface area contributed by atoms with Crippen molar-refractivity contribution in [2.75, 3.05) is 18.2 Å². The Labute approximate surface area is 129 Å². The van der Waals surface area contributed by atoms with Crippen LogP contribution in [0.3, 0.4) is 0 Å². The van der Waals surface area contributed by atoms with Crippen molar-refractivity contribution in [3.8, 4) is 5.75 Å². The lowest BCUT2D eigenvalue weighted by Crippen LogP contribution is -2.07. The lowest BCUT2D eigenvalue weighted by Gasteiger charge is -2.16. The van der Waals surface area contributed by atoms with Crippen LogP contribution in [0.25, 0.3) is 0 Å². The molecule has 1 unspecified atom stereocenters. The van der Waals surface area contributed by atoms with Crippen molar-refractivity contribution in [1.82, 2.24) is 0 Å². The molecular weight excluding hydrogens is 285 g/mol. The zero-order chi connectivity index (χ0) is 15.2. The quantitative estimate of drug-likeness (QED) is 0.748. The normalized spacial score (nSPS) is 12.0. The molecule has 2 nitrogen and oxygen atoms in total. The summed E-state index contributed by atoms with van der Waals surface area (Å²) in [5.74, 6) is -0.0493. The highest BCUT2D eigenvalue weighted by Gasteiger charge is 2.08. The van der Waals surface area contributed by atoms with Crippen LogP contribution in [0, 0.1) is 5.82 Å². The minimum atomic E-state index is -0.341. The van der Waals surface area contributed by atoms with Crippen molar-refractivity contribution in [1.29, 1.82) is 0 Å². The van der Waals surface area contributed by atoms with E-state index >= 15 is 0 Å². The van der Waals surface area contributed by atoms with E-state index in [0.29, 0.717) is 12.4 Å². The maximum Gasteiger partial charge on any atom is 0.167 e. The Balaban J connectivity index is 2.07. The van der Waals surface area contributed by atoms with Crippen LogP contribution < -0.4 is 10.1 Å². The molecular formula is C17H20FNOS. The fraction of sp³-hybridized carbons (Fsp3) is 0.294. The molecule has 21 heavy (non-hydrogen) atoms. The predicted octanol–water partition coefficient (Wildman–Crippen LogP) is 5.12. The lowest BCUT2D eigenvalue weighted by atomic mass is 10.1. The summed E-state index contributed by atoms with van der Waals surface area (Å²) in [5.41, 5.74) is 1.92. The van der Waals surface area contributed by atoms with Gasteiger partial charge < -0.3 is 10.1 Å². The van der Waals surface area contributed by atoms with Gasteiger partial charge in [0.05, 0.1) is 6.61 Å². The van der Waals surface area contributed by atoms with Gasteiger partial charge in [0.1, 0.15) is 0 Å². The Kier molecular flexibility index (Phi) is 5.51. The van der Waals surface area contributed by atoms with E-state index in [-0.39, 0.29) is 11.9 Å². The van der Waals surface area contributed by atoms with E-state index in [1.54, 1.807) is 17.8 Å². The molecule has 0 aliphatic carbocycles. The fourth-order valence-corrected chi connectivity index (χ4v) is 2.50. The van der Waals surface area contributed by atoms with Gasteiger partial charge >= 0.3 is 0 Å². The molecule has 0 saturated heterocycles. The zero-order valence-corrected chi connectivity index (χ0v) is 13.3. The van der Waals surface area contributed by atoms with E-state index in [2.05, 4.69) is 42.8 Å². The van der Waals surface area contributed by atoms with E-state index in [0.717, 1.165) is 5.69 Å². The predicted molar refractivity (Wildman–Crippen MR) is 87.8 cm³/mol. The van der Waals surface area contributed by atoms with Crippen LogP contribution in [0.4, 0.5) is 10.1 Å². The van der Waals surface area contributed by atoms with Crippen LogP contribution in [0.2, 0.25) is 0 Å². The zero-order valence-electron chi connectivity index (χ0n) is 12.5. The average Bonchev–Trinajstić information content (AvgIpc) is 2.50. The largest absolute Gasteiger partial charge is 0.491 e. The van der Waals surface area contributed by atoms with Gasteiger partial charge in [-0.2, -0.15) is 0 Å². The lowest BCUT2D eigenvalue weighted by molar-refractivity contribution is 0.321. The molecule has 0 radical (unpaired) electrons. The third-order valence-electron chi connectivity index (χ3n) is 3.23. The monoisotopic (exact) mass is 305 g/mol. The van der Waals surface area contributed by atoms with Crippen LogP contribution >= 0.6 is 11.8 Å². The van der Waals surface area contributed by atoms with Crippen LogP contribution in [0.5, 0.6) is 5.75 Å². The number of benzene rings is 2. The van der Waals surface area contributed by atoms with E-state index in [4.69, 9.17) is 4.74 Å². The summed E-state index contributed by atoms with van der Waals surface area (Å²) in [5, 5.41) is 3.30. The smallest absolute Gasteiger partial charge is 0.167 e. The van der Waals surface area contributed by atoms with Crippen molar-refractivity contribution in [2.45, 2.75) is 24.8 Å². The van der Waals surface area contributed by atoms with Crippen LogP contribution in [0.15, 0.2) is 47.4 Å². The second-order valence-corrected chi connectivity index (χ2v) is 5.60. The van der Waals surface area contributed by atoms with Gasteiger partial charge in [-0.15, -0.1) is 11.8 Å². The average molecular weight is 305 g/mol. The van der Waals surface area contributed by atoms with Gasteiger partial charge in [-0.05, 0) is 49.9 Å². The van der Waals surface area contributed by atoms with Gasteiger partial charge in [0.2, 0.25) is 0 Å². The number of thioether (sulfide) groups is 1. The molecule has 2 rings (SSSR count). The number of anilines is 1. The van der Waals surface area contributed by atoms with E-state index in [9.17, 15) is 4.39 Å². The first-order valence-corrected chi connectivity index (χ1v) is 8.19. The third-order valence-corrected chi connectivity index (χ3v) is 3.97. The van der Waals surface area contributed by atoms with Crippen molar-refractivity contribution in [3.05, 3.63) is 53.8 Å². The summed E-state index contributed by atoms with van der Waals surface area (Å²) in [6, 6.07) is 13.4. The molecule has 0 amide bonds. The Hall–Kier alpha value is -1.68. The third kappa shape index (κ3) is 4.14. The van der Waals surface area contributed by atoms with Crippen LogP contribution in [-0.2, 0) is 0 Å². The minimum absolute atomic E-state index is 0.109. The van der Waals surface area contributed by atoms with Gasteiger partial charge in [-0.3, -0.25) is 0 Å². The summed E-state index contributed by atoms with van der Waals surface area (Å²) >= 11 is 1.72. The Bertz CT molecular complexity index is 586. The number of ether oxygens (including phenoxy) is 1. The standard InChI is InChI=1S/C17H20FNOS/c1-4-20-17-10-7-14(11-16(17)18)19-12(2)13-5-8-15(21-3)9-6-13/h5-12,19H,4H2,1-3H3. The molecule has 2 aromatic carbocycles. The van der Waals surface area contributed by atoms with Gasteiger partial charge in [0.25, 0.3) is 0 Å². The van der Waals surface area contributed by atoms with E-state index in [1.807, 2.05) is 13.0 Å². The number of hydrogen-bond acceptors (Lipinski definition) is 3. The van der Waals surface area contributed by atoms with Crippen LogP contribution in [0.1, 0.15) is 25.5 Å². The highest BCUT2D eigenvalue weighted by atomic mass is 32.2. The number of rotatable bonds is 6. The molecule has 0 fully saturated rings. The molecule has 0 saturated carbocycles. The molecule has 0 bridgehead atoms. The molecule has 0 spiro atoms. The summed E-state index contributed by atoms with van der Waals surface area (Å²) in [7, 11) is 0. The topological polar surface area (TPSA) is 21.3 Å². The fourth-order valence-electron chi connectivity index (χ4n) is 2.09. The molecule has 112 valence electrons. The molecule has 0 aliphatic heterocycles. The number of nitrogens with one attached hydrogen (secondary N) is 1. The second-order valence-electron chi connectivity index (χ2n) is 4.72. The first-order chi connectivity index (χ1) is 10.1. The molecule has 1 atom stereocenters. The Morgan fingerprint density at radius 2 is 1.90 bits per heavy atom. The van der Waals surface area contributed by atoms with Crippen molar-refractivity contribution < 1.29 is 9.13 Å². The summed E-state index contributed by atoms with van der Waals surface area (Å²) in [6.07, 6.45) is 2.05. The minimum Gasteiger partial charge on any atom is -0.491 e. The first-order valence-electron chi connectivity index (χ1n) is 6.97. The van der Waals surface area contributed by atoms with Crippen molar-refractivity contribution >= 4 is 17.4 Å². The SMILES string of the molecule is CCOc1ccc(NC(C)c2ccc(SC)cc2)cc1F. The van der Waals surface area contributed by atoms with Gasteiger partial charge in [0.15, 0.2) is 11.6 Å². The van der Waals surface area contributed by atoms with E-state index < -0.39 is 0 Å². The highest BCUT2D eigenvalue weighted by molar-refractivity contribution is 7.98. The summed E-state index contributed by atoms with van der Waals surface area (Å²) in [4.78, 5) is 1.23. The summed E-state index contributed by atoms with van der Waals surface area (Å²) in [6.45, 7) is 4.36. The van der Waals surface area contributed by atoms with Crippen LogP contribution in [-0.4, -0.2) is 12.9 Å². The molecule has 1 N–H and O–H groups in total. The maximum absolute atomic E-state index is 13.8. The second kappa shape index (κ2) is 7.36. The molecule has 0 aromatic heterocycles. The highest BCUT2D eigenvalue weighted by Crippen LogP contribution is 2.25. The number of halogens is 1. The van der Waals surface area contributed by atoms with Gasteiger partial charge in [0, 0.05) is 22.7 Å². The molecule has 2 aromatic rings. The number of hydrogen-bond donors (Lipinski definition) is 1. The Morgan fingerprint density at radius 1 is 1.19 bits per heavy atom. The van der Waals surface area contributed by atoms with Gasteiger partial charge in [-0.1, -0.05) is 12.1 Å².